The average molecular weight is 325 g/mol. The molecular formula is C20H15N5. The highest BCUT2D eigenvalue weighted by Gasteiger charge is 2.40. The number of aryl methyl sites for hydroxylation is 1. The number of fused-ring (bicyclic) bond motifs is 3. The Kier molecular flexibility index (Phi) is 3.23. The maximum absolute atomic E-state index is 9.89. The molecule has 2 aliphatic heterocycles. The predicted molar refractivity (Wildman–Crippen MR) is 95.9 cm³/mol. The number of hydrogen-bond acceptors (Lipinski definition) is 5. The third kappa shape index (κ3) is 2.00. The Bertz CT molecular complexity index is 1030. The summed E-state index contributed by atoms with van der Waals surface area (Å²) in [6.45, 7) is 1.98. The van der Waals surface area contributed by atoms with E-state index in [4.69, 9.17) is 5.73 Å². The van der Waals surface area contributed by atoms with Crippen LogP contribution in [-0.4, -0.2) is 0 Å². The smallest absolute Gasteiger partial charge is 0.131 e. The van der Waals surface area contributed by atoms with Crippen LogP contribution in [0.4, 0.5) is 11.4 Å². The van der Waals surface area contributed by atoms with Gasteiger partial charge in [-0.15, -0.1) is 0 Å². The molecule has 120 valence electrons. The lowest BCUT2D eigenvalue weighted by atomic mass is 9.81. The largest absolute Gasteiger partial charge is 0.384 e. The van der Waals surface area contributed by atoms with Crippen molar-refractivity contribution < 1.29 is 0 Å². The maximum Gasteiger partial charge on any atom is 0.131 e. The van der Waals surface area contributed by atoms with Crippen molar-refractivity contribution in [1.29, 1.82) is 10.5 Å². The molecule has 25 heavy (non-hydrogen) atoms. The summed E-state index contributed by atoms with van der Waals surface area (Å²) in [5, 5.41) is 23.0. The highest BCUT2D eigenvalue weighted by molar-refractivity contribution is 5.86. The molecule has 2 aromatic carbocycles. The van der Waals surface area contributed by atoms with Crippen LogP contribution in [0.2, 0.25) is 0 Å². The van der Waals surface area contributed by atoms with Gasteiger partial charge in [0.15, 0.2) is 0 Å². The van der Waals surface area contributed by atoms with Gasteiger partial charge in [-0.05, 0) is 30.2 Å². The summed E-state index contributed by atoms with van der Waals surface area (Å²) in [6.07, 6.45) is 0. The Hall–Kier alpha value is -3.70. The number of nitrogens with two attached hydrogens (primary N) is 1. The van der Waals surface area contributed by atoms with Crippen molar-refractivity contribution in [2.75, 3.05) is 10.2 Å². The fourth-order valence-electron chi connectivity index (χ4n) is 3.53. The molecule has 1 atom stereocenters. The fourth-order valence-corrected chi connectivity index (χ4v) is 3.53. The molecule has 0 amide bonds. The molecule has 3 N–H and O–H groups in total. The Labute approximate surface area is 145 Å². The number of nitrogens with zero attached hydrogens (tertiary/aromatic N) is 3. The van der Waals surface area contributed by atoms with Crippen molar-refractivity contribution in [2.45, 2.75) is 12.8 Å². The van der Waals surface area contributed by atoms with Crippen LogP contribution in [0, 0.1) is 29.6 Å². The molecule has 0 fully saturated rings. The highest BCUT2D eigenvalue weighted by Crippen LogP contribution is 2.47. The SMILES string of the molecule is Cc1ccccc1[C@@H]1C(C#N)=C(N)N2C(=C1C#N)Nc1ccccc12. The van der Waals surface area contributed by atoms with Gasteiger partial charge in [-0.1, -0.05) is 36.4 Å². The normalized spacial score (nSPS) is 18.2. The third-order valence-electron chi connectivity index (χ3n) is 4.71. The van der Waals surface area contributed by atoms with Gasteiger partial charge < -0.3 is 11.1 Å². The number of rotatable bonds is 1. The van der Waals surface area contributed by atoms with Gasteiger partial charge in [-0.2, -0.15) is 10.5 Å². The first-order valence-corrected chi connectivity index (χ1v) is 7.93. The molecule has 5 nitrogen and oxygen atoms in total. The minimum Gasteiger partial charge on any atom is -0.384 e. The molecule has 4 rings (SSSR count). The van der Waals surface area contributed by atoms with Crippen LogP contribution in [-0.2, 0) is 0 Å². The third-order valence-corrected chi connectivity index (χ3v) is 4.71. The predicted octanol–water partition coefficient (Wildman–Crippen LogP) is 3.45. The molecule has 0 saturated heterocycles. The van der Waals surface area contributed by atoms with E-state index in [1.54, 1.807) is 4.90 Å². The Morgan fingerprint density at radius 1 is 1.00 bits per heavy atom. The monoisotopic (exact) mass is 325 g/mol. The first kappa shape index (κ1) is 14.9. The van der Waals surface area contributed by atoms with Gasteiger partial charge in [0.05, 0.1) is 40.6 Å². The van der Waals surface area contributed by atoms with E-state index < -0.39 is 5.92 Å². The topological polar surface area (TPSA) is 88.9 Å². The Balaban J connectivity index is 2.00. The van der Waals surface area contributed by atoms with Crippen molar-refractivity contribution in [3.8, 4) is 12.1 Å². The summed E-state index contributed by atoms with van der Waals surface area (Å²) in [6, 6.07) is 20.0. The van der Waals surface area contributed by atoms with E-state index in [1.807, 2.05) is 55.5 Å². The van der Waals surface area contributed by atoms with Crippen molar-refractivity contribution in [3.05, 3.63) is 82.4 Å². The zero-order valence-electron chi connectivity index (χ0n) is 13.6. The summed E-state index contributed by atoms with van der Waals surface area (Å²) in [7, 11) is 0. The van der Waals surface area contributed by atoms with Gasteiger partial charge in [0.25, 0.3) is 0 Å². The molecule has 2 heterocycles. The van der Waals surface area contributed by atoms with Gasteiger partial charge in [0, 0.05) is 0 Å². The molecule has 5 heteroatoms. The summed E-state index contributed by atoms with van der Waals surface area (Å²) in [5.74, 6) is 0.528. The Morgan fingerprint density at radius 2 is 1.68 bits per heavy atom. The number of para-hydroxylation sites is 2. The van der Waals surface area contributed by atoms with Crippen LogP contribution in [0.3, 0.4) is 0 Å². The summed E-state index contributed by atoms with van der Waals surface area (Å²) >= 11 is 0. The molecule has 2 aromatic rings. The number of anilines is 2. The number of nitriles is 2. The zero-order valence-corrected chi connectivity index (χ0v) is 13.6. The molecule has 0 aliphatic carbocycles. The summed E-state index contributed by atoms with van der Waals surface area (Å²) < 4.78 is 0. The second-order valence-electron chi connectivity index (χ2n) is 6.05. The van der Waals surface area contributed by atoms with Gasteiger partial charge in [0.1, 0.15) is 11.6 Å². The highest BCUT2D eigenvalue weighted by atomic mass is 15.4. The molecule has 0 unspecified atom stereocenters. The van der Waals surface area contributed by atoms with E-state index in [2.05, 4.69) is 17.5 Å². The molecule has 2 aliphatic rings. The number of allylic oxidation sites excluding steroid dienone is 2. The number of nitrogens with one attached hydrogen (secondary N) is 1. The molecular weight excluding hydrogens is 310 g/mol. The summed E-state index contributed by atoms with van der Waals surface area (Å²) in [5.41, 5.74) is 10.9. The van der Waals surface area contributed by atoms with E-state index in [9.17, 15) is 10.5 Å². The van der Waals surface area contributed by atoms with Crippen LogP contribution >= 0.6 is 0 Å². The van der Waals surface area contributed by atoms with Crippen LogP contribution in [0.15, 0.2) is 71.3 Å². The Morgan fingerprint density at radius 3 is 2.40 bits per heavy atom. The fraction of sp³-hybridized carbons (Fsp3) is 0.100. The molecule has 0 aromatic heterocycles. The minimum atomic E-state index is -0.468. The van der Waals surface area contributed by atoms with Crippen LogP contribution in [0.1, 0.15) is 17.0 Å². The van der Waals surface area contributed by atoms with Gasteiger partial charge in [-0.3, -0.25) is 4.90 Å². The lowest BCUT2D eigenvalue weighted by Crippen LogP contribution is -2.34. The van der Waals surface area contributed by atoms with Crippen molar-refractivity contribution in [3.63, 3.8) is 0 Å². The average Bonchev–Trinajstić information content (AvgIpc) is 3.01. The lowest BCUT2D eigenvalue weighted by Gasteiger charge is -2.32. The van der Waals surface area contributed by atoms with E-state index in [-0.39, 0.29) is 0 Å². The second-order valence-corrected chi connectivity index (χ2v) is 6.05. The molecule has 0 bridgehead atoms. The van der Waals surface area contributed by atoms with E-state index in [0.29, 0.717) is 22.8 Å². The first-order chi connectivity index (χ1) is 12.2. The van der Waals surface area contributed by atoms with Gasteiger partial charge in [-0.25, -0.2) is 0 Å². The number of benzene rings is 2. The van der Waals surface area contributed by atoms with E-state index in [1.165, 1.54) is 0 Å². The van der Waals surface area contributed by atoms with Crippen LogP contribution in [0.25, 0.3) is 0 Å². The molecule has 0 saturated carbocycles. The number of hydrogen-bond donors (Lipinski definition) is 2. The first-order valence-electron chi connectivity index (χ1n) is 7.93. The van der Waals surface area contributed by atoms with E-state index >= 15 is 0 Å². The minimum absolute atomic E-state index is 0.363. The summed E-state index contributed by atoms with van der Waals surface area (Å²) in [4.78, 5) is 1.77. The lowest BCUT2D eigenvalue weighted by molar-refractivity contribution is 0.862. The van der Waals surface area contributed by atoms with Crippen LogP contribution < -0.4 is 16.0 Å². The van der Waals surface area contributed by atoms with Gasteiger partial charge in [0.2, 0.25) is 0 Å². The quantitative estimate of drug-likeness (QED) is 0.838. The van der Waals surface area contributed by atoms with Crippen molar-refractivity contribution in [1.82, 2.24) is 0 Å². The van der Waals surface area contributed by atoms with Crippen LogP contribution in [0.5, 0.6) is 0 Å². The van der Waals surface area contributed by atoms with Gasteiger partial charge >= 0.3 is 0 Å². The second kappa shape index (κ2) is 5.43. The molecule has 0 spiro atoms. The van der Waals surface area contributed by atoms with Crippen molar-refractivity contribution >= 4 is 11.4 Å². The van der Waals surface area contributed by atoms with E-state index in [0.717, 1.165) is 22.5 Å². The standard InChI is InChI=1S/C20H15N5/c1-12-6-2-3-7-13(12)18-14(10-21)19(23)25-17-9-5-4-8-16(17)24-20(25)15(18)11-22/h2-9,18,24H,23H2,1H3/t18-/m1/s1. The molecule has 0 radical (unpaired) electrons. The maximum atomic E-state index is 9.89. The zero-order chi connectivity index (χ0) is 17.6. The van der Waals surface area contributed by atoms with Crippen molar-refractivity contribution in [2.24, 2.45) is 5.73 Å².